The van der Waals surface area contributed by atoms with Crippen LogP contribution in [0, 0.1) is 0 Å². The summed E-state index contributed by atoms with van der Waals surface area (Å²) in [4.78, 5) is 13.1. The fourth-order valence-corrected chi connectivity index (χ4v) is 1.61. The van der Waals surface area contributed by atoms with Crippen LogP contribution >= 0.6 is 0 Å². The van der Waals surface area contributed by atoms with Crippen molar-refractivity contribution in [3.8, 4) is 0 Å². The van der Waals surface area contributed by atoms with Crippen LogP contribution in [0.1, 0.15) is 12.8 Å². The largest absolute Gasteiger partial charge is 0.342 e. The molecule has 9 heavy (non-hydrogen) atoms. The number of fused-ring (bicyclic) bond motifs is 1. The molecule has 2 fully saturated rings. The Labute approximate surface area is 54.0 Å². The number of carbonyl (C=O) groups excluding carboxylic acids is 1. The van der Waals surface area contributed by atoms with Crippen LogP contribution in [0.5, 0.6) is 0 Å². The molecule has 1 N–H and O–H groups in total. The number of hydrogen-bond donors (Lipinski definition) is 1. The van der Waals surface area contributed by atoms with E-state index >= 15 is 0 Å². The van der Waals surface area contributed by atoms with Gasteiger partial charge in [-0.15, -0.1) is 0 Å². The van der Waals surface area contributed by atoms with E-state index in [1.807, 2.05) is 0 Å². The van der Waals surface area contributed by atoms with E-state index in [-0.39, 0.29) is 11.9 Å². The lowest BCUT2D eigenvalue weighted by molar-refractivity contribution is -0.121. The zero-order valence-electron chi connectivity index (χ0n) is 5.26. The van der Waals surface area contributed by atoms with Gasteiger partial charge in [0.15, 0.2) is 0 Å². The van der Waals surface area contributed by atoms with Crippen molar-refractivity contribution in [2.24, 2.45) is 0 Å². The maximum Gasteiger partial charge on any atom is 0.238 e. The van der Waals surface area contributed by atoms with Crippen LogP contribution in [0.2, 0.25) is 0 Å². The molecule has 2 aliphatic rings. The van der Waals surface area contributed by atoms with Crippen LogP contribution in [0.4, 0.5) is 0 Å². The van der Waals surface area contributed by atoms with Gasteiger partial charge in [-0.25, -0.2) is 0 Å². The Morgan fingerprint density at radius 3 is 3.33 bits per heavy atom. The monoisotopic (exact) mass is 126 g/mol. The normalized spacial score (nSPS) is 34.7. The molecule has 0 aromatic rings. The first-order valence-corrected chi connectivity index (χ1v) is 3.40. The fraction of sp³-hybridized carbons (Fsp3) is 0.833. The summed E-state index contributed by atoms with van der Waals surface area (Å²) >= 11 is 0. The average molecular weight is 126 g/mol. The van der Waals surface area contributed by atoms with Gasteiger partial charge in [-0.1, -0.05) is 0 Å². The van der Waals surface area contributed by atoms with Crippen LogP contribution in [0.15, 0.2) is 0 Å². The Morgan fingerprint density at radius 1 is 1.67 bits per heavy atom. The Bertz CT molecular complexity index is 146. The van der Waals surface area contributed by atoms with Crippen molar-refractivity contribution in [1.82, 2.24) is 10.2 Å². The van der Waals surface area contributed by atoms with Gasteiger partial charge in [0.2, 0.25) is 5.91 Å². The summed E-state index contributed by atoms with van der Waals surface area (Å²) in [5.41, 5.74) is 0. The van der Waals surface area contributed by atoms with Crippen molar-refractivity contribution in [2.75, 3.05) is 13.2 Å². The second kappa shape index (κ2) is 1.70. The summed E-state index contributed by atoms with van der Waals surface area (Å²) in [5, 5.41) is 2.81. The van der Waals surface area contributed by atoms with E-state index in [9.17, 15) is 4.79 Å². The van der Waals surface area contributed by atoms with Crippen LogP contribution in [-0.4, -0.2) is 30.1 Å². The number of hydrogen-bond acceptors (Lipinski definition) is 2. The second-order valence-corrected chi connectivity index (χ2v) is 2.67. The van der Waals surface area contributed by atoms with Crippen LogP contribution in [0.3, 0.4) is 0 Å². The van der Waals surface area contributed by atoms with Crippen molar-refractivity contribution in [3.05, 3.63) is 0 Å². The van der Waals surface area contributed by atoms with E-state index in [0.29, 0.717) is 0 Å². The highest BCUT2D eigenvalue weighted by Gasteiger charge is 2.35. The molecule has 1 unspecified atom stereocenters. The quantitative estimate of drug-likeness (QED) is 0.476. The molecule has 2 rings (SSSR count). The lowest BCUT2D eigenvalue weighted by Gasteiger charge is -2.08. The summed E-state index contributed by atoms with van der Waals surface area (Å²) in [6.07, 6.45) is 2.25. The first-order valence-electron chi connectivity index (χ1n) is 3.40. The van der Waals surface area contributed by atoms with Gasteiger partial charge in [0.1, 0.15) is 0 Å². The molecule has 2 heterocycles. The molecule has 0 saturated carbocycles. The summed E-state index contributed by atoms with van der Waals surface area (Å²) in [6.45, 7) is 1.88. The third-order valence-electron chi connectivity index (χ3n) is 2.12. The summed E-state index contributed by atoms with van der Waals surface area (Å²) in [6, 6.07) is 0.227. The molecule has 50 valence electrons. The second-order valence-electron chi connectivity index (χ2n) is 2.67. The molecule has 1 atom stereocenters. The number of nitrogens with zero attached hydrogens (tertiary/aromatic N) is 1. The standard InChI is InChI=1S/C6H10N2O/c9-6-5-2-1-3-8(5)4-7-6/h5H,1-4H2,(H,7,9). The maximum atomic E-state index is 10.9. The van der Waals surface area contributed by atoms with Gasteiger partial charge < -0.3 is 5.32 Å². The molecule has 0 aromatic heterocycles. The molecule has 2 saturated heterocycles. The third-order valence-corrected chi connectivity index (χ3v) is 2.12. The molecule has 0 aliphatic carbocycles. The molecule has 0 aromatic carbocycles. The summed E-state index contributed by atoms with van der Waals surface area (Å²) in [5.74, 6) is 0.229. The molecular weight excluding hydrogens is 116 g/mol. The minimum atomic E-state index is 0.227. The summed E-state index contributed by atoms with van der Waals surface area (Å²) < 4.78 is 0. The fourth-order valence-electron chi connectivity index (χ4n) is 1.61. The Morgan fingerprint density at radius 2 is 2.56 bits per heavy atom. The smallest absolute Gasteiger partial charge is 0.238 e. The average Bonchev–Trinajstić information content (AvgIpc) is 2.35. The number of carbonyl (C=O) groups is 1. The highest BCUT2D eigenvalue weighted by Crippen LogP contribution is 2.19. The first kappa shape index (κ1) is 5.23. The molecule has 3 heteroatoms. The predicted molar refractivity (Wildman–Crippen MR) is 32.7 cm³/mol. The number of amides is 1. The minimum absolute atomic E-state index is 0.227. The molecule has 0 bridgehead atoms. The van der Waals surface area contributed by atoms with Crippen molar-refractivity contribution < 1.29 is 4.79 Å². The van der Waals surface area contributed by atoms with E-state index in [1.54, 1.807) is 0 Å². The minimum Gasteiger partial charge on any atom is -0.342 e. The Kier molecular flexibility index (Phi) is 0.990. The van der Waals surface area contributed by atoms with Gasteiger partial charge >= 0.3 is 0 Å². The van der Waals surface area contributed by atoms with E-state index in [1.165, 1.54) is 6.42 Å². The zero-order chi connectivity index (χ0) is 6.27. The van der Waals surface area contributed by atoms with E-state index in [2.05, 4.69) is 10.2 Å². The van der Waals surface area contributed by atoms with E-state index < -0.39 is 0 Å². The van der Waals surface area contributed by atoms with E-state index in [0.717, 1.165) is 19.6 Å². The van der Waals surface area contributed by atoms with Gasteiger partial charge in [0.25, 0.3) is 0 Å². The number of rotatable bonds is 0. The highest BCUT2D eigenvalue weighted by molar-refractivity contribution is 5.83. The van der Waals surface area contributed by atoms with Crippen molar-refractivity contribution in [3.63, 3.8) is 0 Å². The maximum absolute atomic E-state index is 10.9. The molecule has 1 amide bonds. The lowest BCUT2D eigenvalue weighted by Crippen LogP contribution is -2.25. The zero-order valence-corrected chi connectivity index (χ0v) is 5.26. The van der Waals surface area contributed by atoms with Crippen LogP contribution in [-0.2, 0) is 4.79 Å². The summed E-state index contributed by atoms with van der Waals surface area (Å²) in [7, 11) is 0. The van der Waals surface area contributed by atoms with Gasteiger partial charge in [0.05, 0.1) is 12.7 Å². The number of nitrogens with one attached hydrogen (secondary N) is 1. The first-order chi connectivity index (χ1) is 4.38. The van der Waals surface area contributed by atoms with Crippen molar-refractivity contribution in [2.45, 2.75) is 18.9 Å². The highest BCUT2D eigenvalue weighted by atomic mass is 16.2. The van der Waals surface area contributed by atoms with Crippen LogP contribution in [0.25, 0.3) is 0 Å². The van der Waals surface area contributed by atoms with Crippen molar-refractivity contribution >= 4 is 5.91 Å². The molecular formula is C6H10N2O. The Hall–Kier alpha value is -0.570. The van der Waals surface area contributed by atoms with Crippen LogP contribution < -0.4 is 5.32 Å². The molecule has 2 aliphatic heterocycles. The lowest BCUT2D eigenvalue weighted by atomic mass is 10.2. The molecule has 3 nitrogen and oxygen atoms in total. The Balaban J connectivity index is 2.15. The van der Waals surface area contributed by atoms with Gasteiger partial charge in [-0.2, -0.15) is 0 Å². The van der Waals surface area contributed by atoms with Crippen molar-refractivity contribution in [1.29, 1.82) is 0 Å². The van der Waals surface area contributed by atoms with Gasteiger partial charge in [0, 0.05) is 6.54 Å². The van der Waals surface area contributed by atoms with Gasteiger partial charge in [-0.3, -0.25) is 9.69 Å². The third kappa shape index (κ3) is 0.645. The molecule has 0 radical (unpaired) electrons. The van der Waals surface area contributed by atoms with E-state index in [4.69, 9.17) is 0 Å². The predicted octanol–water partition coefficient (Wildman–Crippen LogP) is -0.462. The van der Waals surface area contributed by atoms with Gasteiger partial charge in [-0.05, 0) is 12.8 Å². The topological polar surface area (TPSA) is 32.3 Å². The SMILES string of the molecule is O=C1NCN2CCCC12. The molecule has 0 spiro atoms.